The van der Waals surface area contributed by atoms with E-state index < -0.39 is 5.91 Å². The molecule has 1 aromatic rings. The second-order valence-electron chi connectivity index (χ2n) is 5.46. The molecule has 0 aliphatic rings. The number of carbonyl (C=O) groups is 1. The molecular weight excluding hydrogens is 350 g/mol. The molecule has 0 aliphatic heterocycles. The molecule has 0 heterocycles. The molecule has 0 aliphatic carbocycles. The first-order valence-electron chi connectivity index (χ1n) is 7.32. The maximum Gasteiger partial charge on any atom is 0.255 e. The number of nitrogens with two attached hydrogens (primary N) is 2. The highest BCUT2D eigenvalue weighted by Crippen LogP contribution is 2.36. The molecule has 0 spiro atoms. The van der Waals surface area contributed by atoms with E-state index in [2.05, 4.69) is 35.3 Å². The number of carbonyl (C=O) groups excluding carboxylic acids is 1. The Morgan fingerprint density at radius 3 is 2.73 bits per heavy atom. The van der Waals surface area contributed by atoms with E-state index in [1.807, 2.05) is 12.1 Å². The second-order valence-corrected chi connectivity index (χ2v) is 6.31. The number of methoxy groups -OCH3 is 1. The van der Waals surface area contributed by atoms with Gasteiger partial charge in [0, 0.05) is 12.0 Å². The molecule has 0 radical (unpaired) electrons. The number of halogens is 1. The number of quaternary nitrogens is 2. The van der Waals surface area contributed by atoms with Gasteiger partial charge in [-0.05, 0) is 28.1 Å². The standard InChI is InChI=1S/C15H24BrN3O3/c1-19(2)6-4-5-18-9-11-7-12(16)15(13(8-11)21-3)22-10-14(17)20/h7-8,18H,4-6,9-10H2,1-3H3,(H2,17,20)/p+2. The zero-order chi connectivity index (χ0) is 16.5. The van der Waals surface area contributed by atoms with Crippen LogP contribution in [0.3, 0.4) is 0 Å². The molecule has 124 valence electrons. The van der Waals surface area contributed by atoms with Gasteiger partial charge in [0.25, 0.3) is 5.91 Å². The van der Waals surface area contributed by atoms with Crippen LogP contribution >= 0.6 is 15.9 Å². The maximum atomic E-state index is 10.8. The Labute approximate surface area is 140 Å². The van der Waals surface area contributed by atoms with Crippen molar-refractivity contribution in [2.24, 2.45) is 5.73 Å². The Morgan fingerprint density at radius 1 is 1.41 bits per heavy atom. The third-order valence-electron chi connectivity index (χ3n) is 3.11. The lowest BCUT2D eigenvalue weighted by molar-refractivity contribution is -0.860. The first-order valence-corrected chi connectivity index (χ1v) is 8.11. The van der Waals surface area contributed by atoms with Crippen molar-refractivity contribution in [3.8, 4) is 11.5 Å². The average molecular weight is 376 g/mol. The van der Waals surface area contributed by atoms with Gasteiger partial charge in [0.05, 0.1) is 38.8 Å². The van der Waals surface area contributed by atoms with E-state index >= 15 is 0 Å². The van der Waals surface area contributed by atoms with Crippen molar-refractivity contribution in [1.29, 1.82) is 0 Å². The Hall–Kier alpha value is -1.31. The molecule has 1 aromatic carbocycles. The summed E-state index contributed by atoms with van der Waals surface area (Å²) >= 11 is 3.46. The monoisotopic (exact) mass is 375 g/mol. The van der Waals surface area contributed by atoms with Gasteiger partial charge in [-0.2, -0.15) is 0 Å². The first-order chi connectivity index (χ1) is 10.4. The molecular formula is C15H26BrN3O3+2. The summed E-state index contributed by atoms with van der Waals surface area (Å²) in [5, 5.41) is 2.27. The lowest BCUT2D eigenvalue weighted by Gasteiger charge is -2.13. The van der Waals surface area contributed by atoms with Crippen molar-refractivity contribution in [2.75, 3.05) is 40.9 Å². The van der Waals surface area contributed by atoms with Crippen LogP contribution in [0, 0.1) is 0 Å². The minimum atomic E-state index is -0.519. The van der Waals surface area contributed by atoms with Gasteiger partial charge in [0.15, 0.2) is 18.1 Å². The number of primary amides is 1. The number of benzene rings is 1. The Morgan fingerprint density at radius 2 is 2.14 bits per heavy atom. The molecule has 0 fully saturated rings. The highest BCUT2D eigenvalue weighted by molar-refractivity contribution is 9.10. The van der Waals surface area contributed by atoms with E-state index in [4.69, 9.17) is 15.2 Å². The Balaban J connectivity index is 2.62. The lowest BCUT2D eigenvalue weighted by atomic mass is 10.2. The van der Waals surface area contributed by atoms with Crippen molar-refractivity contribution in [3.63, 3.8) is 0 Å². The Bertz CT molecular complexity index is 495. The summed E-state index contributed by atoms with van der Waals surface area (Å²) in [6, 6.07) is 3.90. The fourth-order valence-electron chi connectivity index (χ4n) is 2.04. The van der Waals surface area contributed by atoms with Gasteiger partial charge >= 0.3 is 0 Å². The average Bonchev–Trinajstić information content (AvgIpc) is 2.44. The quantitative estimate of drug-likeness (QED) is 0.455. The molecule has 0 saturated heterocycles. The predicted molar refractivity (Wildman–Crippen MR) is 88.2 cm³/mol. The molecule has 1 amide bonds. The third-order valence-corrected chi connectivity index (χ3v) is 3.70. The highest BCUT2D eigenvalue weighted by atomic mass is 79.9. The summed E-state index contributed by atoms with van der Waals surface area (Å²) < 4.78 is 11.5. The number of amides is 1. The van der Waals surface area contributed by atoms with Crippen LogP contribution in [-0.4, -0.2) is 46.8 Å². The van der Waals surface area contributed by atoms with Crippen molar-refractivity contribution in [3.05, 3.63) is 22.2 Å². The summed E-state index contributed by atoms with van der Waals surface area (Å²) in [6.07, 6.45) is 1.18. The summed E-state index contributed by atoms with van der Waals surface area (Å²) in [7, 11) is 5.89. The number of hydrogen-bond donors (Lipinski definition) is 3. The molecule has 0 saturated carbocycles. The lowest BCUT2D eigenvalue weighted by Crippen LogP contribution is -3.06. The van der Waals surface area contributed by atoms with E-state index in [0.29, 0.717) is 11.5 Å². The van der Waals surface area contributed by atoms with Gasteiger partial charge in [-0.25, -0.2) is 0 Å². The number of ether oxygens (including phenoxy) is 2. The van der Waals surface area contributed by atoms with Gasteiger partial charge < -0.3 is 25.4 Å². The zero-order valence-corrected chi connectivity index (χ0v) is 15.0. The smallest absolute Gasteiger partial charge is 0.255 e. The molecule has 0 bridgehead atoms. The van der Waals surface area contributed by atoms with E-state index in [9.17, 15) is 4.79 Å². The van der Waals surface area contributed by atoms with Crippen LogP contribution in [0.4, 0.5) is 0 Å². The van der Waals surface area contributed by atoms with Crippen molar-refractivity contribution < 1.29 is 24.5 Å². The molecule has 0 atom stereocenters. The third kappa shape index (κ3) is 6.64. The fourth-order valence-corrected chi connectivity index (χ4v) is 2.65. The van der Waals surface area contributed by atoms with E-state index in [-0.39, 0.29) is 6.61 Å². The van der Waals surface area contributed by atoms with Gasteiger partial charge in [-0.1, -0.05) is 0 Å². The summed E-state index contributed by atoms with van der Waals surface area (Å²) in [6.45, 7) is 2.95. The minimum absolute atomic E-state index is 0.173. The van der Waals surface area contributed by atoms with Crippen LogP contribution in [0.25, 0.3) is 0 Å². The predicted octanol–water partition coefficient (Wildman–Crippen LogP) is -1.08. The first kappa shape index (κ1) is 18.7. The van der Waals surface area contributed by atoms with Crippen molar-refractivity contribution in [2.45, 2.75) is 13.0 Å². The van der Waals surface area contributed by atoms with Crippen LogP contribution in [0.5, 0.6) is 11.5 Å². The summed E-state index contributed by atoms with van der Waals surface area (Å²) in [4.78, 5) is 12.3. The van der Waals surface area contributed by atoms with Gasteiger partial charge in [0.1, 0.15) is 6.54 Å². The molecule has 0 aromatic heterocycles. The fraction of sp³-hybridized carbons (Fsp3) is 0.533. The van der Waals surface area contributed by atoms with Crippen LogP contribution in [-0.2, 0) is 11.3 Å². The molecule has 7 heteroatoms. The molecule has 22 heavy (non-hydrogen) atoms. The topological polar surface area (TPSA) is 82.6 Å². The summed E-state index contributed by atoms with van der Waals surface area (Å²) in [5.41, 5.74) is 6.23. The number of hydrogen-bond acceptors (Lipinski definition) is 3. The minimum Gasteiger partial charge on any atom is -0.493 e. The van der Waals surface area contributed by atoms with Gasteiger partial charge in [-0.15, -0.1) is 0 Å². The Kier molecular flexibility index (Phi) is 8.22. The van der Waals surface area contributed by atoms with E-state index in [1.54, 1.807) is 7.11 Å². The van der Waals surface area contributed by atoms with Crippen LogP contribution in [0.2, 0.25) is 0 Å². The van der Waals surface area contributed by atoms with E-state index in [0.717, 1.165) is 23.1 Å². The SMILES string of the molecule is COc1cc(C[NH2+]CCC[NH+](C)C)cc(Br)c1OCC(N)=O. The summed E-state index contributed by atoms with van der Waals surface area (Å²) in [5.74, 6) is 0.576. The van der Waals surface area contributed by atoms with Crippen LogP contribution < -0.4 is 25.4 Å². The van der Waals surface area contributed by atoms with Gasteiger partial charge in [-0.3, -0.25) is 4.79 Å². The highest BCUT2D eigenvalue weighted by Gasteiger charge is 2.13. The van der Waals surface area contributed by atoms with E-state index in [1.165, 1.54) is 17.9 Å². The maximum absolute atomic E-state index is 10.8. The molecule has 0 unspecified atom stereocenters. The van der Waals surface area contributed by atoms with Crippen molar-refractivity contribution >= 4 is 21.8 Å². The number of nitrogens with one attached hydrogen (secondary N) is 1. The molecule has 6 nitrogen and oxygen atoms in total. The number of rotatable bonds is 10. The largest absolute Gasteiger partial charge is 0.493 e. The second kappa shape index (κ2) is 9.66. The molecule has 5 N–H and O–H groups in total. The molecule has 1 rings (SSSR count). The zero-order valence-electron chi connectivity index (χ0n) is 13.4. The van der Waals surface area contributed by atoms with Crippen molar-refractivity contribution in [1.82, 2.24) is 0 Å². The van der Waals surface area contributed by atoms with Gasteiger partial charge in [0.2, 0.25) is 0 Å². The van der Waals surface area contributed by atoms with Crippen LogP contribution in [0.15, 0.2) is 16.6 Å². The normalized spacial score (nSPS) is 10.8. The van der Waals surface area contributed by atoms with Crippen LogP contribution in [0.1, 0.15) is 12.0 Å².